The van der Waals surface area contributed by atoms with Gasteiger partial charge >= 0.3 is 0 Å². The van der Waals surface area contributed by atoms with Gasteiger partial charge in [-0.15, -0.1) is 0 Å². The fraction of sp³-hybridized carbons (Fsp3) is 0.421. The Bertz CT molecular complexity index is 807. The van der Waals surface area contributed by atoms with Gasteiger partial charge in [-0.05, 0) is 35.2 Å². The second kappa shape index (κ2) is 6.14. The highest BCUT2D eigenvalue weighted by molar-refractivity contribution is 9.10. The van der Waals surface area contributed by atoms with Crippen molar-refractivity contribution in [2.45, 2.75) is 44.4 Å². The number of amides is 1. The van der Waals surface area contributed by atoms with Crippen LogP contribution in [0.25, 0.3) is 10.8 Å². The zero-order chi connectivity index (χ0) is 16.8. The number of carbonyl (C=O) groups excluding carboxylic acids is 1. The lowest BCUT2D eigenvalue weighted by Gasteiger charge is -2.45. The van der Waals surface area contributed by atoms with Crippen LogP contribution in [0, 0.1) is 0 Å². The first-order valence-electron chi connectivity index (χ1n) is 8.50. The maximum atomic E-state index is 13.2. The molecule has 2 unspecified atom stereocenters. The van der Waals surface area contributed by atoms with Crippen LogP contribution in [0.1, 0.15) is 41.6 Å². The summed E-state index contributed by atoms with van der Waals surface area (Å²) in [6.07, 6.45) is 3.30. The summed E-state index contributed by atoms with van der Waals surface area (Å²) >= 11 is 3.61. The molecule has 0 saturated heterocycles. The molecule has 1 amide bonds. The Hall–Kier alpha value is -1.43. The maximum Gasteiger partial charge on any atom is 0.268 e. The lowest BCUT2D eigenvalue weighted by atomic mass is 9.90. The van der Waals surface area contributed by atoms with Gasteiger partial charge in [0.05, 0.1) is 12.1 Å². The number of fused-ring (bicyclic) bond motifs is 3. The van der Waals surface area contributed by atoms with Crippen LogP contribution < -0.4 is 0 Å². The van der Waals surface area contributed by atoms with E-state index in [4.69, 9.17) is 0 Å². The molecule has 0 radical (unpaired) electrons. The summed E-state index contributed by atoms with van der Waals surface area (Å²) in [6.45, 7) is 0.679. The Kier molecular flexibility index (Phi) is 4.11. The number of aliphatic hydroxyl groups is 1. The number of aliphatic hydroxyl groups excluding tert-OH is 1. The monoisotopic (exact) mass is 388 g/mol. The maximum absolute atomic E-state index is 13.2. The fourth-order valence-electron chi connectivity index (χ4n) is 4.12. The summed E-state index contributed by atoms with van der Waals surface area (Å²) < 4.78 is 0.943. The Morgan fingerprint density at radius 2 is 1.88 bits per heavy atom. The molecule has 2 atom stereocenters. The van der Waals surface area contributed by atoms with Crippen molar-refractivity contribution >= 4 is 32.6 Å². The first-order valence-corrected chi connectivity index (χ1v) is 9.30. The molecule has 1 N–H and O–H groups in total. The van der Waals surface area contributed by atoms with Crippen LogP contribution in [0.5, 0.6) is 0 Å². The lowest BCUT2D eigenvalue weighted by molar-refractivity contribution is -0.0782. The summed E-state index contributed by atoms with van der Waals surface area (Å²) in [6, 6.07) is 9.99. The van der Waals surface area contributed by atoms with E-state index < -0.39 is 6.10 Å². The van der Waals surface area contributed by atoms with Crippen molar-refractivity contribution in [2.75, 3.05) is 7.05 Å². The van der Waals surface area contributed by atoms with Crippen LogP contribution in [-0.4, -0.2) is 40.2 Å². The fourth-order valence-corrected chi connectivity index (χ4v) is 4.69. The summed E-state index contributed by atoms with van der Waals surface area (Å²) in [7, 11) is 1.94. The third-order valence-electron chi connectivity index (χ3n) is 5.31. The van der Waals surface area contributed by atoms with Crippen molar-refractivity contribution in [3.05, 3.63) is 45.9 Å². The number of hydrogen-bond acceptors (Lipinski definition) is 3. The minimum Gasteiger partial charge on any atom is -0.391 e. The standard InChI is InChI=1S/C19H21BrN2O2/c1-21-11-15-12-6-2-3-7-13(12)16(20)10-14(15)19(24)22(21)17-8-4-5-9-18(17)23/h2-3,6-7,10,17-18,23H,4-5,8-9,11H2,1H3. The molecule has 2 aromatic rings. The number of halogens is 1. The third-order valence-corrected chi connectivity index (χ3v) is 5.96. The molecule has 1 fully saturated rings. The number of carbonyl (C=O) groups is 1. The molecule has 126 valence electrons. The molecule has 4 rings (SSSR count). The van der Waals surface area contributed by atoms with Crippen molar-refractivity contribution < 1.29 is 9.90 Å². The number of nitrogens with zero attached hydrogens (tertiary/aromatic N) is 2. The summed E-state index contributed by atoms with van der Waals surface area (Å²) in [5.41, 5.74) is 1.82. The smallest absolute Gasteiger partial charge is 0.268 e. The molecular formula is C19H21BrN2O2. The lowest BCUT2D eigenvalue weighted by Crippen LogP contribution is -2.57. The van der Waals surface area contributed by atoms with Crippen molar-refractivity contribution in [1.82, 2.24) is 10.0 Å². The molecule has 24 heavy (non-hydrogen) atoms. The van der Waals surface area contributed by atoms with Crippen molar-refractivity contribution in [3.63, 3.8) is 0 Å². The zero-order valence-corrected chi connectivity index (χ0v) is 15.3. The summed E-state index contributed by atoms with van der Waals surface area (Å²) in [4.78, 5) is 13.2. The number of rotatable bonds is 1. The van der Waals surface area contributed by atoms with Crippen LogP contribution in [-0.2, 0) is 6.54 Å². The van der Waals surface area contributed by atoms with Crippen LogP contribution in [0.15, 0.2) is 34.8 Å². The van der Waals surface area contributed by atoms with Crippen LogP contribution >= 0.6 is 15.9 Å². The first-order chi connectivity index (χ1) is 11.6. The van der Waals surface area contributed by atoms with Gasteiger partial charge in [-0.25, -0.2) is 5.01 Å². The molecule has 0 aromatic heterocycles. The van der Waals surface area contributed by atoms with Crippen molar-refractivity contribution in [3.8, 4) is 0 Å². The third kappa shape index (κ3) is 2.46. The molecule has 1 heterocycles. The molecule has 2 aliphatic rings. The Morgan fingerprint density at radius 3 is 2.62 bits per heavy atom. The predicted octanol–water partition coefficient (Wildman–Crippen LogP) is 3.71. The van der Waals surface area contributed by atoms with Gasteiger partial charge in [-0.1, -0.05) is 53.0 Å². The normalized spacial score (nSPS) is 25.1. The van der Waals surface area contributed by atoms with Crippen molar-refractivity contribution in [1.29, 1.82) is 0 Å². The molecule has 1 aliphatic heterocycles. The largest absolute Gasteiger partial charge is 0.391 e. The average molecular weight is 389 g/mol. The first kappa shape index (κ1) is 16.1. The minimum absolute atomic E-state index is 0.00356. The second-order valence-corrected chi connectivity index (χ2v) is 7.67. The Labute approximate surface area is 150 Å². The molecule has 2 aromatic carbocycles. The van der Waals surface area contributed by atoms with Gasteiger partial charge < -0.3 is 5.11 Å². The molecule has 4 nitrogen and oxygen atoms in total. The van der Waals surface area contributed by atoms with E-state index in [-0.39, 0.29) is 11.9 Å². The highest BCUT2D eigenvalue weighted by atomic mass is 79.9. The van der Waals surface area contributed by atoms with E-state index in [1.54, 1.807) is 5.01 Å². The number of hydrazine groups is 1. The Morgan fingerprint density at radius 1 is 1.17 bits per heavy atom. The van der Waals surface area contributed by atoms with E-state index in [2.05, 4.69) is 28.1 Å². The number of benzene rings is 2. The van der Waals surface area contributed by atoms with E-state index in [0.29, 0.717) is 6.54 Å². The minimum atomic E-state index is -0.435. The van der Waals surface area contributed by atoms with Crippen LogP contribution in [0.4, 0.5) is 0 Å². The van der Waals surface area contributed by atoms with Gasteiger partial charge in [0.25, 0.3) is 5.91 Å². The second-order valence-electron chi connectivity index (χ2n) is 6.81. The van der Waals surface area contributed by atoms with Crippen molar-refractivity contribution in [2.24, 2.45) is 0 Å². The van der Waals surface area contributed by atoms with Gasteiger partial charge in [-0.2, -0.15) is 0 Å². The van der Waals surface area contributed by atoms with E-state index in [1.807, 2.05) is 30.3 Å². The summed E-state index contributed by atoms with van der Waals surface area (Å²) in [5, 5.41) is 16.4. The predicted molar refractivity (Wildman–Crippen MR) is 97.5 cm³/mol. The Balaban J connectivity index is 1.82. The quantitative estimate of drug-likeness (QED) is 0.809. The molecular weight excluding hydrogens is 368 g/mol. The molecule has 0 spiro atoms. The topological polar surface area (TPSA) is 43.8 Å². The number of hydrogen-bond donors (Lipinski definition) is 1. The molecule has 0 bridgehead atoms. The molecule has 1 aliphatic carbocycles. The van der Waals surface area contributed by atoms with Gasteiger partial charge in [-0.3, -0.25) is 9.80 Å². The van der Waals surface area contributed by atoms with E-state index in [9.17, 15) is 9.90 Å². The highest BCUT2D eigenvalue weighted by Crippen LogP contribution is 2.36. The van der Waals surface area contributed by atoms with Gasteiger partial charge in [0.1, 0.15) is 0 Å². The van der Waals surface area contributed by atoms with Crippen LogP contribution in [0.2, 0.25) is 0 Å². The van der Waals surface area contributed by atoms with E-state index in [0.717, 1.165) is 52.1 Å². The molecule has 5 heteroatoms. The zero-order valence-electron chi connectivity index (χ0n) is 13.7. The van der Waals surface area contributed by atoms with Gasteiger partial charge in [0, 0.05) is 23.6 Å². The van der Waals surface area contributed by atoms with Gasteiger partial charge in [0.2, 0.25) is 0 Å². The highest BCUT2D eigenvalue weighted by Gasteiger charge is 2.39. The molecule has 1 saturated carbocycles. The van der Waals surface area contributed by atoms with E-state index in [1.165, 1.54) is 0 Å². The van der Waals surface area contributed by atoms with Gasteiger partial charge in [0.15, 0.2) is 0 Å². The SMILES string of the molecule is CN1Cc2c(cc(Br)c3ccccc23)C(=O)N1C1CCCCC1O. The average Bonchev–Trinajstić information content (AvgIpc) is 2.58. The van der Waals surface area contributed by atoms with Crippen LogP contribution in [0.3, 0.4) is 0 Å². The van der Waals surface area contributed by atoms with E-state index >= 15 is 0 Å². The summed E-state index contributed by atoms with van der Waals surface area (Å²) in [5.74, 6) is -0.00356.